The van der Waals surface area contributed by atoms with Gasteiger partial charge in [0.2, 0.25) is 5.91 Å². The van der Waals surface area contributed by atoms with Gasteiger partial charge >= 0.3 is 0 Å². The van der Waals surface area contributed by atoms with Gasteiger partial charge in [-0.15, -0.1) is 0 Å². The number of carbonyl (C=O) groups is 1. The monoisotopic (exact) mass is 310 g/mol. The summed E-state index contributed by atoms with van der Waals surface area (Å²) in [5.74, 6) is 0.852. The summed E-state index contributed by atoms with van der Waals surface area (Å²) in [6.45, 7) is 3.30. The number of nitrogens with zero attached hydrogens (tertiary/aromatic N) is 1. The Balaban J connectivity index is 1.81. The van der Waals surface area contributed by atoms with Crippen LogP contribution < -0.4 is 15.4 Å². The van der Waals surface area contributed by atoms with Crippen LogP contribution in [0.25, 0.3) is 0 Å². The highest BCUT2D eigenvalue weighted by molar-refractivity contribution is 5.95. The van der Waals surface area contributed by atoms with E-state index in [4.69, 9.17) is 10.5 Å². The standard InChI is InChI=1S/C19H22N2O2/c1-14-7-5-10-17-19(14)23-12-6-11-21(17)18(22)13-16(20)15-8-3-2-4-9-15/h2-5,7-10,16H,6,11-13,20H2,1H3/t16-/m0/s1. The van der Waals surface area contributed by atoms with Crippen LogP contribution in [0.2, 0.25) is 0 Å². The molecule has 1 aliphatic rings. The summed E-state index contributed by atoms with van der Waals surface area (Å²) in [7, 11) is 0. The van der Waals surface area contributed by atoms with Crippen LogP contribution in [0.5, 0.6) is 5.75 Å². The van der Waals surface area contributed by atoms with Crippen LogP contribution in [-0.4, -0.2) is 19.1 Å². The van der Waals surface area contributed by atoms with Crippen LogP contribution in [0.1, 0.15) is 30.0 Å². The van der Waals surface area contributed by atoms with Crippen molar-refractivity contribution in [1.29, 1.82) is 0 Å². The third-order valence-electron chi connectivity index (χ3n) is 4.18. The van der Waals surface area contributed by atoms with Gasteiger partial charge in [0.15, 0.2) is 0 Å². The molecule has 0 aromatic heterocycles. The largest absolute Gasteiger partial charge is 0.491 e. The lowest BCUT2D eigenvalue weighted by molar-refractivity contribution is -0.119. The fourth-order valence-electron chi connectivity index (χ4n) is 2.93. The van der Waals surface area contributed by atoms with E-state index in [-0.39, 0.29) is 18.4 Å². The van der Waals surface area contributed by atoms with Crippen molar-refractivity contribution in [2.75, 3.05) is 18.1 Å². The maximum atomic E-state index is 12.8. The Morgan fingerprint density at radius 2 is 2.00 bits per heavy atom. The van der Waals surface area contributed by atoms with Crippen LogP contribution in [0.15, 0.2) is 48.5 Å². The molecule has 0 saturated carbocycles. The number of amides is 1. The summed E-state index contributed by atoms with van der Waals surface area (Å²) in [4.78, 5) is 14.6. The molecule has 0 unspecified atom stereocenters. The third-order valence-corrected chi connectivity index (χ3v) is 4.18. The molecule has 1 heterocycles. The van der Waals surface area contributed by atoms with Crippen molar-refractivity contribution in [2.45, 2.75) is 25.8 Å². The zero-order valence-corrected chi connectivity index (χ0v) is 13.4. The quantitative estimate of drug-likeness (QED) is 0.947. The first-order chi connectivity index (χ1) is 11.2. The summed E-state index contributed by atoms with van der Waals surface area (Å²) >= 11 is 0. The Morgan fingerprint density at radius 1 is 1.22 bits per heavy atom. The van der Waals surface area contributed by atoms with E-state index >= 15 is 0 Å². The summed E-state index contributed by atoms with van der Waals surface area (Å²) in [5.41, 5.74) is 9.10. The molecule has 0 fully saturated rings. The number of carbonyl (C=O) groups excluding carboxylic acids is 1. The second-order valence-electron chi connectivity index (χ2n) is 5.89. The van der Waals surface area contributed by atoms with Gasteiger partial charge in [-0.25, -0.2) is 0 Å². The average molecular weight is 310 g/mol. The lowest BCUT2D eigenvalue weighted by Crippen LogP contribution is -2.33. The minimum Gasteiger partial charge on any atom is -0.491 e. The number of hydrogen-bond acceptors (Lipinski definition) is 3. The highest BCUT2D eigenvalue weighted by Gasteiger charge is 2.24. The van der Waals surface area contributed by atoms with Crippen molar-refractivity contribution in [3.8, 4) is 5.75 Å². The van der Waals surface area contributed by atoms with Crippen molar-refractivity contribution < 1.29 is 9.53 Å². The predicted molar refractivity (Wildman–Crippen MR) is 91.6 cm³/mol. The second-order valence-corrected chi connectivity index (χ2v) is 5.89. The molecule has 1 amide bonds. The number of fused-ring (bicyclic) bond motifs is 1. The molecule has 3 rings (SSSR count). The number of hydrogen-bond donors (Lipinski definition) is 1. The van der Waals surface area contributed by atoms with Crippen LogP contribution in [0.3, 0.4) is 0 Å². The van der Waals surface area contributed by atoms with Gasteiger partial charge in [-0.05, 0) is 30.5 Å². The van der Waals surface area contributed by atoms with Gasteiger partial charge in [0, 0.05) is 19.0 Å². The average Bonchev–Trinajstić information content (AvgIpc) is 2.79. The summed E-state index contributed by atoms with van der Waals surface area (Å²) in [6, 6.07) is 15.4. The molecule has 0 aliphatic carbocycles. The van der Waals surface area contributed by atoms with E-state index in [1.807, 2.05) is 60.4 Å². The van der Waals surface area contributed by atoms with Crippen molar-refractivity contribution in [3.05, 3.63) is 59.7 Å². The molecule has 2 N–H and O–H groups in total. The number of anilines is 1. The summed E-state index contributed by atoms with van der Waals surface area (Å²) in [5, 5.41) is 0. The number of aryl methyl sites for hydroxylation is 1. The third kappa shape index (κ3) is 3.37. The van der Waals surface area contributed by atoms with Gasteiger partial charge in [0.25, 0.3) is 0 Å². The lowest BCUT2D eigenvalue weighted by atomic mass is 10.0. The highest BCUT2D eigenvalue weighted by Crippen LogP contribution is 2.34. The number of para-hydroxylation sites is 1. The summed E-state index contributed by atoms with van der Waals surface area (Å²) in [6.07, 6.45) is 1.11. The van der Waals surface area contributed by atoms with Crippen LogP contribution >= 0.6 is 0 Å². The molecule has 0 spiro atoms. The Hall–Kier alpha value is -2.33. The second kappa shape index (κ2) is 6.84. The van der Waals surface area contributed by atoms with E-state index in [1.54, 1.807) is 0 Å². The van der Waals surface area contributed by atoms with E-state index in [1.165, 1.54) is 0 Å². The Kier molecular flexibility index (Phi) is 4.63. The molecule has 0 radical (unpaired) electrons. The van der Waals surface area contributed by atoms with Gasteiger partial charge in [-0.1, -0.05) is 42.5 Å². The molecular formula is C19H22N2O2. The number of rotatable bonds is 3. The fraction of sp³-hybridized carbons (Fsp3) is 0.316. The summed E-state index contributed by atoms with van der Waals surface area (Å²) < 4.78 is 5.82. The van der Waals surface area contributed by atoms with Gasteiger partial charge in [0.1, 0.15) is 5.75 Å². The van der Waals surface area contributed by atoms with E-state index in [0.29, 0.717) is 13.2 Å². The molecule has 0 bridgehead atoms. The first-order valence-corrected chi connectivity index (χ1v) is 8.00. The van der Waals surface area contributed by atoms with E-state index in [9.17, 15) is 4.79 Å². The zero-order valence-electron chi connectivity index (χ0n) is 13.4. The smallest absolute Gasteiger partial charge is 0.229 e. The van der Waals surface area contributed by atoms with Crippen LogP contribution in [0.4, 0.5) is 5.69 Å². The Bertz CT molecular complexity index is 685. The molecule has 120 valence electrons. The molecule has 0 saturated heterocycles. The zero-order chi connectivity index (χ0) is 16.2. The molecule has 4 nitrogen and oxygen atoms in total. The normalized spacial score (nSPS) is 15.3. The van der Waals surface area contributed by atoms with Gasteiger partial charge in [-0.2, -0.15) is 0 Å². The number of nitrogens with two attached hydrogens (primary N) is 1. The first-order valence-electron chi connectivity index (χ1n) is 8.00. The van der Waals surface area contributed by atoms with Crippen molar-refractivity contribution in [2.24, 2.45) is 5.73 Å². The highest BCUT2D eigenvalue weighted by atomic mass is 16.5. The van der Waals surface area contributed by atoms with Gasteiger partial charge in [0.05, 0.1) is 12.3 Å². The van der Waals surface area contributed by atoms with E-state index in [2.05, 4.69) is 0 Å². The minimum absolute atomic E-state index is 0.0405. The van der Waals surface area contributed by atoms with E-state index < -0.39 is 0 Å². The fourth-order valence-corrected chi connectivity index (χ4v) is 2.93. The molecule has 1 atom stereocenters. The first kappa shape index (κ1) is 15.6. The predicted octanol–water partition coefficient (Wildman–Crippen LogP) is 3.20. The lowest BCUT2D eigenvalue weighted by Gasteiger charge is -2.24. The van der Waals surface area contributed by atoms with Crippen molar-refractivity contribution >= 4 is 11.6 Å². The Morgan fingerprint density at radius 3 is 2.78 bits per heavy atom. The maximum Gasteiger partial charge on any atom is 0.229 e. The molecule has 2 aromatic carbocycles. The van der Waals surface area contributed by atoms with Crippen LogP contribution in [0, 0.1) is 6.92 Å². The molecule has 4 heteroatoms. The molecular weight excluding hydrogens is 288 g/mol. The molecule has 23 heavy (non-hydrogen) atoms. The topological polar surface area (TPSA) is 55.6 Å². The van der Waals surface area contributed by atoms with Crippen molar-refractivity contribution in [1.82, 2.24) is 0 Å². The van der Waals surface area contributed by atoms with Gasteiger partial charge < -0.3 is 15.4 Å². The number of benzene rings is 2. The number of ether oxygens (including phenoxy) is 1. The molecule has 1 aliphatic heterocycles. The maximum absolute atomic E-state index is 12.8. The van der Waals surface area contributed by atoms with Gasteiger partial charge in [-0.3, -0.25) is 4.79 Å². The molecule has 2 aromatic rings. The van der Waals surface area contributed by atoms with Crippen molar-refractivity contribution in [3.63, 3.8) is 0 Å². The SMILES string of the molecule is Cc1cccc2c1OCCCN2C(=O)C[C@H](N)c1ccccc1. The van der Waals surface area contributed by atoms with E-state index in [0.717, 1.165) is 29.0 Å². The van der Waals surface area contributed by atoms with Crippen LogP contribution in [-0.2, 0) is 4.79 Å². The Labute approximate surface area is 136 Å². The minimum atomic E-state index is -0.291.